The minimum atomic E-state index is -0.0376. The summed E-state index contributed by atoms with van der Waals surface area (Å²) in [6.45, 7) is 10.3. The number of aryl methyl sites for hydroxylation is 4. The van der Waals surface area contributed by atoms with Crippen molar-refractivity contribution in [3.63, 3.8) is 0 Å². The Morgan fingerprint density at radius 2 is 1.20 bits per heavy atom. The first-order valence-corrected chi connectivity index (χ1v) is 9.36. The van der Waals surface area contributed by atoms with Crippen molar-refractivity contribution in [2.45, 2.75) is 65.7 Å². The molecule has 0 spiro atoms. The lowest BCUT2D eigenvalue weighted by atomic mass is 9.62. The summed E-state index contributed by atoms with van der Waals surface area (Å²) in [4.78, 5) is 0. The van der Waals surface area contributed by atoms with E-state index in [4.69, 9.17) is 0 Å². The molecule has 0 amide bonds. The quantitative estimate of drug-likeness (QED) is 0.723. The molecule has 0 aliphatic heterocycles. The average molecular weight is 338 g/mol. The van der Waals surface area contributed by atoms with Gasteiger partial charge in [0.1, 0.15) is 11.5 Å². The molecule has 0 saturated heterocycles. The monoisotopic (exact) mass is 338 g/mol. The van der Waals surface area contributed by atoms with E-state index >= 15 is 0 Å². The molecule has 2 aromatic rings. The smallest absolute Gasteiger partial charge is 0.121 e. The number of phenols is 2. The molecule has 1 saturated carbocycles. The van der Waals surface area contributed by atoms with Crippen LogP contribution in [-0.2, 0) is 5.41 Å². The van der Waals surface area contributed by atoms with E-state index in [0.29, 0.717) is 17.4 Å². The maximum atomic E-state index is 10.2. The number of rotatable bonds is 2. The molecule has 1 aliphatic rings. The van der Waals surface area contributed by atoms with Gasteiger partial charge in [0.25, 0.3) is 0 Å². The SMILES string of the molecule is Cc1cc(C2(c3cc(C)c(O)c(C)c3)CCC[C@@H](C)C2)cc(C)c1O. The maximum absolute atomic E-state index is 10.2. The van der Waals surface area contributed by atoms with Crippen molar-refractivity contribution in [1.29, 1.82) is 0 Å². The van der Waals surface area contributed by atoms with Crippen LogP contribution in [0.5, 0.6) is 11.5 Å². The number of phenolic OH excluding ortho intramolecular Hbond substituents is 2. The van der Waals surface area contributed by atoms with Crippen LogP contribution in [0.15, 0.2) is 24.3 Å². The van der Waals surface area contributed by atoms with Gasteiger partial charge in [-0.25, -0.2) is 0 Å². The Hall–Kier alpha value is -1.96. The zero-order valence-electron chi connectivity index (χ0n) is 16.1. The van der Waals surface area contributed by atoms with E-state index < -0.39 is 0 Å². The van der Waals surface area contributed by atoms with Crippen molar-refractivity contribution in [3.05, 3.63) is 57.6 Å². The lowest BCUT2D eigenvalue weighted by Gasteiger charge is -2.42. The lowest BCUT2D eigenvalue weighted by molar-refractivity contribution is 0.272. The lowest BCUT2D eigenvalue weighted by Crippen LogP contribution is -2.34. The number of hydrogen-bond donors (Lipinski definition) is 2. The van der Waals surface area contributed by atoms with Gasteiger partial charge in [-0.15, -0.1) is 0 Å². The minimum Gasteiger partial charge on any atom is -0.507 e. The highest BCUT2D eigenvalue weighted by atomic mass is 16.3. The van der Waals surface area contributed by atoms with Crippen LogP contribution >= 0.6 is 0 Å². The second-order valence-electron chi connectivity index (χ2n) is 8.20. The van der Waals surface area contributed by atoms with Gasteiger partial charge >= 0.3 is 0 Å². The molecule has 134 valence electrons. The third-order valence-electron chi connectivity index (χ3n) is 6.08. The van der Waals surface area contributed by atoms with E-state index in [1.54, 1.807) is 0 Å². The van der Waals surface area contributed by atoms with Crippen molar-refractivity contribution in [2.75, 3.05) is 0 Å². The molecule has 0 bridgehead atoms. The fourth-order valence-electron chi connectivity index (χ4n) is 4.71. The van der Waals surface area contributed by atoms with Gasteiger partial charge in [-0.05, 0) is 79.8 Å². The summed E-state index contributed by atoms with van der Waals surface area (Å²) >= 11 is 0. The van der Waals surface area contributed by atoms with Crippen LogP contribution in [0.4, 0.5) is 0 Å². The number of benzene rings is 2. The number of hydrogen-bond acceptors (Lipinski definition) is 2. The molecular formula is C23H30O2. The van der Waals surface area contributed by atoms with Crippen LogP contribution in [0.3, 0.4) is 0 Å². The third kappa shape index (κ3) is 3.03. The van der Waals surface area contributed by atoms with Gasteiger partial charge in [-0.2, -0.15) is 0 Å². The first-order valence-electron chi connectivity index (χ1n) is 9.36. The predicted molar refractivity (Wildman–Crippen MR) is 104 cm³/mol. The van der Waals surface area contributed by atoms with Gasteiger partial charge in [-0.1, -0.05) is 44.0 Å². The zero-order chi connectivity index (χ0) is 18.4. The second-order valence-corrected chi connectivity index (χ2v) is 8.20. The fraction of sp³-hybridized carbons (Fsp3) is 0.478. The highest BCUT2D eigenvalue weighted by Crippen LogP contribution is 2.49. The van der Waals surface area contributed by atoms with Crippen molar-refractivity contribution in [1.82, 2.24) is 0 Å². The summed E-state index contributed by atoms with van der Waals surface area (Å²) in [6, 6.07) is 8.66. The standard InChI is InChI=1S/C23H30O2/c1-14-7-6-8-23(13-14,19-9-15(2)21(24)16(3)10-19)20-11-17(4)22(25)18(5)12-20/h9-12,14,24-25H,6-8,13H2,1-5H3/t14-/m1/s1. The Balaban J connectivity index is 2.25. The minimum absolute atomic E-state index is 0.0376. The molecule has 1 fully saturated rings. The van der Waals surface area contributed by atoms with Crippen LogP contribution in [0, 0.1) is 33.6 Å². The topological polar surface area (TPSA) is 40.5 Å². The Kier molecular flexibility index (Phi) is 4.57. The summed E-state index contributed by atoms with van der Waals surface area (Å²) in [5, 5.41) is 20.5. The van der Waals surface area contributed by atoms with Crippen molar-refractivity contribution < 1.29 is 10.2 Å². The van der Waals surface area contributed by atoms with Crippen LogP contribution in [-0.4, -0.2) is 10.2 Å². The second kappa shape index (κ2) is 6.40. The molecule has 0 radical (unpaired) electrons. The number of aromatic hydroxyl groups is 2. The summed E-state index contributed by atoms with van der Waals surface area (Å²) < 4.78 is 0. The van der Waals surface area contributed by atoms with Crippen LogP contribution < -0.4 is 0 Å². The van der Waals surface area contributed by atoms with Crippen LogP contribution in [0.25, 0.3) is 0 Å². The highest BCUT2D eigenvalue weighted by molar-refractivity contribution is 5.52. The van der Waals surface area contributed by atoms with Crippen molar-refractivity contribution in [2.24, 2.45) is 5.92 Å². The molecule has 0 aromatic heterocycles. The first-order chi connectivity index (χ1) is 11.7. The summed E-state index contributed by atoms with van der Waals surface area (Å²) in [6.07, 6.45) is 4.71. The molecule has 1 atom stereocenters. The third-order valence-corrected chi connectivity index (χ3v) is 6.08. The molecular weight excluding hydrogens is 308 g/mol. The molecule has 25 heavy (non-hydrogen) atoms. The fourth-order valence-corrected chi connectivity index (χ4v) is 4.71. The normalized spacial score (nSPS) is 19.8. The Morgan fingerprint density at radius 1 is 0.800 bits per heavy atom. The van der Waals surface area contributed by atoms with E-state index in [9.17, 15) is 10.2 Å². The highest BCUT2D eigenvalue weighted by Gasteiger charge is 2.39. The summed E-state index contributed by atoms with van der Waals surface area (Å²) in [5.41, 5.74) is 6.34. The van der Waals surface area contributed by atoms with Crippen LogP contribution in [0.1, 0.15) is 66.0 Å². The van der Waals surface area contributed by atoms with E-state index in [2.05, 4.69) is 31.2 Å². The summed E-state index contributed by atoms with van der Waals surface area (Å²) in [7, 11) is 0. The van der Waals surface area contributed by atoms with E-state index in [1.165, 1.54) is 24.0 Å². The van der Waals surface area contributed by atoms with E-state index in [-0.39, 0.29) is 5.41 Å². The first kappa shape index (κ1) is 17.8. The van der Waals surface area contributed by atoms with E-state index in [1.807, 2.05) is 27.7 Å². The van der Waals surface area contributed by atoms with Gasteiger partial charge in [0.2, 0.25) is 0 Å². The Bertz CT molecular complexity index is 700. The van der Waals surface area contributed by atoms with Crippen molar-refractivity contribution in [3.8, 4) is 11.5 Å². The van der Waals surface area contributed by atoms with Gasteiger partial charge in [-0.3, -0.25) is 0 Å². The molecule has 3 rings (SSSR count). The van der Waals surface area contributed by atoms with Gasteiger partial charge in [0, 0.05) is 5.41 Å². The molecule has 2 nitrogen and oxygen atoms in total. The largest absolute Gasteiger partial charge is 0.507 e. The molecule has 2 N–H and O–H groups in total. The zero-order valence-corrected chi connectivity index (χ0v) is 16.1. The average Bonchev–Trinajstić information content (AvgIpc) is 2.56. The molecule has 2 aromatic carbocycles. The molecule has 2 heteroatoms. The van der Waals surface area contributed by atoms with E-state index in [0.717, 1.165) is 35.1 Å². The van der Waals surface area contributed by atoms with Gasteiger partial charge in [0.15, 0.2) is 0 Å². The maximum Gasteiger partial charge on any atom is 0.121 e. The Morgan fingerprint density at radius 3 is 1.56 bits per heavy atom. The van der Waals surface area contributed by atoms with Crippen LogP contribution in [0.2, 0.25) is 0 Å². The molecule has 1 aliphatic carbocycles. The predicted octanol–water partition coefficient (Wildman–Crippen LogP) is 5.83. The van der Waals surface area contributed by atoms with Gasteiger partial charge < -0.3 is 10.2 Å². The Labute approximate surface area is 151 Å². The molecule has 0 heterocycles. The molecule has 0 unspecified atom stereocenters. The van der Waals surface area contributed by atoms with Crippen molar-refractivity contribution >= 4 is 0 Å². The summed E-state index contributed by atoms with van der Waals surface area (Å²) in [5.74, 6) is 1.47. The van der Waals surface area contributed by atoms with Gasteiger partial charge in [0.05, 0.1) is 0 Å².